The molecule has 1 aliphatic rings. The second-order valence-corrected chi connectivity index (χ2v) is 6.47. The molecule has 1 aliphatic heterocycles. The zero-order valence-electron chi connectivity index (χ0n) is 14.4. The number of para-hydroxylation sites is 2. The number of aromatic nitrogens is 2. The molecule has 0 unspecified atom stereocenters. The summed E-state index contributed by atoms with van der Waals surface area (Å²) >= 11 is 0. The number of nitrogens with zero attached hydrogens (tertiary/aromatic N) is 3. The molecule has 1 N–H and O–H groups in total. The van der Waals surface area contributed by atoms with Gasteiger partial charge in [-0.3, -0.25) is 14.5 Å². The van der Waals surface area contributed by atoms with Crippen molar-refractivity contribution in [2.75, 3.05) is 31.1 Å². The van der Waals surface area contributed by atoms with E-state index in [2.05, 4.69) is 19.8 Å². The molecular formula is C20H20N4O2. The molecule has 0 saturated carbocycles. The van der Waals surface area contributed by atoms with E-state index in [1.807, 2.05) is 42.5 Å². The lowest BCUT2D eigenvalue weighted by Gasteiger charge is -2.36. The van der Waals surface area contributed by atoms with E-state index in [4.69, 9.17) is 0 Å². The second-order valence-electron chi connectivity index (χ2n) is 6.47. The molecule has 6 nitrogen and oxygen atoms in total. The van der Waals surface area contributed by atoms with E-state index in [1.54, 1.807) is 6.07 Å². The normalized spacial score (nSPS) is 15.3. The number of aromatic amines is 1. The summed E-state index contributed by atoms with van der Waals surface area (Å²) in [5, 5.41) is 0.617. The molecule has 1 fully saturated rings. The first-order valence-electron chi connectivity index (χ1n) is 8.74. The van der Waals surface area contributed by atoms with Crippen LogP contribution in [0.3, 0.4) is 0 Å². The van der Waals surface area contributed by atoms with Crippen molar-refractivity contribution in [2.45, 2.75) is 6.54 Å². The number of piperazine rings is 1. The van der Waals surface area contributed by atoms with E-state index in [9.17, 15) is 9.59 Å². The number of carbonyl (C=O) groups excluding carboxylic acids is 1. The van der Waals surface area contributed by atoms with Gasteiger partial charge in [-0.15, -0.1) is 0 Å². The molecule has 0 aliphatic carbocycles. The van der Waals surface area contributed by atoms with Crippen molar-refractivity contribution < 1.29 is 4.79 Å². The third kappa shape index (κ3) is 3.23. The number of aldehydes is 1. The van der Waals surface area contributed by atoms with E-state index in [-0.39, 0.29) is 5.56 Å². The van der Waals surface area contributed by atoms with Gasteiger partial charge in [0, 0.05) is 37.4 Å². The van der Waals surface area contributed by atoms with Gasteiger partial charge in [0.2, 0.25) is 0 Å². The van der Waals surface area contributed by atoms with Crippen LogP contribution in [-0.2, 0) is 6.54 Å². The Kier molecular flexibility index (Phi) is 4.50. The minimum atomic E-state index is -0.0934. The summed E-state index contributed by atoms with van der Waals surface area (Å²) < 4.78 is 0. The maximum Gasteiger partial charge on any atom is 0.258 e. The summed E-state index contributed by atoms with van der Waals surface area (Å²) in [5.74, 6) is 0.690. The zero-order valence-corrected chi connectivity index (χ0v) is 14.4. The summed E-state index contributed by atoms with van der Waals surface area (Å²) in [7, 11) is 0. The number of benzene rings is 2. The van der Waals surface area contributed by atoms with Crippen LogP contribution in [0.2, 0.25) is 0 Å². The van der Waals surface area contributed by atoms with Crippen LogP contribution in [0, 0.1) is 0 Å². The Bertz CT molecular complexity index is 990. The van der Waals surface area contributed by atoms with Gasteiger partial charge in [-0.1, -0.05) is 24.3 Å². The Balaban J connectivity index is 1.46. The fourth-order valence-corrected chi connectivity index (χ4v) is 3.44. The highest BCUT2D eigenvalue weighted by Gasteiger charge is 2.19. The van der Waals surface area contributed by atoms with Gasteiger partial charge in [-0.05, 0) is 24.3 Å². The van der Waals surface area contributed by atoms with Crippen LogP contribution in [0.25, 0.3) is 10.9 Å². The SMILES string of the molecule is O=Cc1ccccc1N1CCN(Cc2nc3ccccc3c(=O)[nH]2)CC1. The highest BCUT2D eigenvalue weighted by Crippen LogP contribution is 2.20. The first-order valence-corrected chi connectivity index (χ1v) is 8.74. The molecule has 2 aromatic carbocycles. The van der Waals surface area contributed by atoms with Crippen LogP contribution >= 0.6 is 0 Å². The summed E-state index contributed by atoms with van der Waals surface area (Å²) in [4.78, 5) is 35.4. The molecule has 3 aromatic rings. The van der Waals surface area contributed by atoms with Gasteiger partial charge in [0.15, 0.2) is 6.29 Å². The Hall–Kier alpha value is -2.99. The average molecular weight is 348 g/mol. The quantitative estimate of drug-likeness (QED) is 0.731. The molecule has 1 aromatic heterocycles. The number of anilines is 1. The number of fused-ring (bicyclic) bond motifs is 1. The largest absolute Gasteiger partial charge is 0.368 e. The summed E-state index contributed by atoms with van der Waals surface area (Å²) in [6.07, 6.45) is 0.908. The molecule has 4 rings (SSSR count). The number of H-pyrrole nitrogens is 1. The maximum absolute atomic E-state index is 12.2. The lowest BCUT2D eigenvalue weighted by atomic mass is 10.1. The van der Waals surface area contributed by atoms with E-state index in [0.29, 0.717) is 17.8 Å². The average Bonchev–Trinajstić information content (AvgIpc) is 2.69. The third-order valence-corrected chi connectivity index (χ3v) is 4.81. The second kappa shape index (κ2) is 7.09. The topological polar surface area (TPSA) is 69.3 Å². The molecule has 0 atom stereocenters. The molecule has 1 saturated heterocycles. The van der Waals surface area contributed by atoms with Crippen molar-refractivity contribution >= 4 is 22.9 Å². The van der Waals surface area contributed by atoms with Gasteiger partial charge in [-0.2, -0.15) is 0 Å². The van der Waals surface area contributed by atoms with E-state index in [1.165, 1.54) is 0 Å². The number of carbonyl (C=O) groups is 1. The molecular weight excluding hydrogens is 328 g/mol. The Morgan fingerprint density at radius 2 is 1.73 bits per heavy atom. The van der Waals surface area contributed by atoms with Crippen LogP contribution in [0.5, 0.6) is 0 Å². The molecule has 26 heavy (non-hydrogen) atoms. The first-order chi connectivity index (χ1) is 12.7. The maximum atomic E-state index is 12.2. The minimum Gasteiger partial charge on any atom is -0.368 e. The summed E-state index contributed by atoms with van der Waals surface area (Å²) in [6, 6.07) is 15.1. The predicted octanol–water partition coefficient (Wildman–Crippen LogP) is 2.06. The fraction of sp³-hybridized carbons (Fsp3) is 0.250. The summed E-state index contributed by atoms with van der Waals surface area (Å²) in [5.41, 5.74) is 2.34. The Labute approximate surface area is 151 Å². The monoisotopic (exact) mass is 348 g/mol. The fourth-order valence-electron chi connectivity index (χ4n) is 3.44. The van der Waals surface area contributed by atoms with Crippen LogP contribution in [-0.4, -0.2) is 47.3 Å². The summed E-state index contributed by atoms with van der Waals surface area (Å²) in [6.45, 7) is 3.99. The standard InChI is InChI=1S/C20H20N4O2/c25-14-15-5-1-4-8-18(15)24-11-9-23(10-12-24)13-19-21-17-7-3-2-6-16(17)20(26)22-19/h1-8,14H,9-13H2,(H,21,22,26). The van der Waals surface area contributed by atoms with Crippen LogP contribution in [0.4, 0.5) is 5.69 Å². The molecule has 2 heterocycles. The van der Waals surface area contributed by atoms with Crippen molar-refractivity contribution in [2.24, 2.45) is 0 Å². The predicted molar refractivity (Wildman–Crippen MR) is 102 cm³/mol. The number of nitrogens with one attached hydrogen (secondary N) is 1. The number of hydrogen-bond acceptors (Lipinski definition) is 5. The molecule has 0 amide bonds. The van der Waals surface area contributed by atoms with Gasteiger partial charge in [-0.25, -0.2) is 4.98 Å². The Morgan fingerprint density at radius 3 is 2.54 bits per heavy atom. The number of rotatable bonds is 4. The molecule has 0 spiro atoms. The van der Waals surface area contributed by atoms with Crippen molar-refractivity contribution in [3.8, 4) is 0 Å². The van der Waals surface area contributed by atoms with E-state index < -0.39 is 0 Å². The van der Waals surface area contributed by atoms with Crippen molar-refractivity contribution in [1.29, 1.82) is 0 Å². The molecule has 0 bridgehead atoms. The lowest BCUT2D eigenvalue weighted by molar-refractivity contribution is 0.112. The first kappa shape index (κ1) is 16.5. The van der Waals surface area contributed by atoms with Gasteiger partial charge in [0.25, 0.3) is 5.56 Å². The van der Waals surface area contributed by atoms with Crippen LogP contribution in [0.15, 0.2) is 53.3 Å². The smallest absolute Gasteiger partial charge is 0.258 e. The highest BCUT2D eigenvalue weighted by molar-refractivity contribution is 5.84. The van der Waals surface area contributed by atoms with Gasteiger partial charge in [0.05, 0.1) is 17.4 Å². The van der Waals surface area contributed by atoms with Crippen LogP contribution < -0.4 is 10.5 Å². The third-order valence-electron chi connectivity index (χ3n) is 4.81. The van der Waals surface area contributed by atoms with Crippen molar-refractivity contribution in [3.05, 3.63) is 70.3 Å². The van der Waals surface area contributed by atoms with Crippen LogP contribution in [0.1, 0.15) is 16.2 Å². The van der Waals surface area contributed by atoms with Crippen molar-refractivity contribution in [3.63, 3.8) is 0 Å². The lowest BCUT2D eigenvalue weighted by Crippen LogP contribution is -2.46. The molecule has 132 valence electrons. The molecule has 0 radical (unpaired) electrons. The highest BCUT2D eigenvalue weighted by atomic mass is 16.1. The minimum absolute atomic E-state index is 0.0934. The zero-order chi connectivity index (χ0) is 17.9. The van der Waals surface area contributed by atoms with Gasteiger partial charge < -0.3 is 9.88 Å². The van der Waals surface area contributed by atoms with E-state index in [0.717, 1.165) is 49.2 Å². The Morgan fingerprint density at radius 1 is 1.00 bits per heavy atom. The van der Waals surface area contributed by atoms with E-state index >= 15 is 0 Å². The van der Waals surface area contributed by atoms with Gasteiger partial charge >= 0.3 is 0 Å². The van der Waals surface area contributed by atoms with Crippen molar-refractivity contribution in [1.82, 2.24) is 14.9 Å². The molecule has 6 heteroatoms. The number of hydrogen-bond donors (Lipinski definition) is 1. The van der Waals surface area contributed by atoms with Gasteiger partial charge in [0.1, 0.15) is 5.82 Å².